The van der Waals surface area contributed by atoms with Gasteiger partial charge in [-0.1, -0.05) is 18.2 Å². The second kappa shape index (κ2) is 5.36. The van der Waals surface area contributed by atoms with Crippen LogP contribution in [0.15, 0.2) is 47.5 Å². The predicted octanol–water partition coefficient (Wildman–Crippen LogP) is 3.27. The van der Waals surface area contributed by atoms with Gasteiger partial charge in [0.15, 0.2) is 11.6 Å². The lowest BCUT2D eigenvalue weighted by Crippen LogP contribution is -2.12. The number of fused-ring (bicyclic) bond motifs is 1. The van der Waals surface area contributed by atoms with E-state index in [4.69, 9.17) is 4.74 Å². The van der Waals surface area contributed by atoms with Gasteiger partial charge < -0.3 is 10.1 Å². The number of hydrogen-bond donors (Lipinski definition) is 1. The maximum atomic E-state index is 13.6. The van der Waals surface area contributed by atoms with Gasteiger partial charge in [0.25, 0.3) is 0 Å². The maximum Gasteiger partial charge on any atom is 0.237 e. The Morgan fingerprint density at radius 2 is 2.10 bits per heavy atom. The Morgan fingerprint density at radius 3 is 2.86 bits per heavy atom. The summed E-state index contributed by atoms with van der Waals surface area (Å²) < 4.78 is 18.4. The van der Waals surface area contributed by atoms with Crippen molar-refractivity contribution in [2.45, 2.75) is 5.92 Å². The van der Waals surface area contributed by atoms with Crippen molar-refractivity contribution in [3.63, 3.8) is 0 Å². The normalized spacial score (nSPS) is 16.9. The highest BCUT2D eigenvalue weighted by Gasteiger charge is 2.28. The van der Waals surface area contributed by atoms with Crippen LogP contribution in [0, 0.1) is 5.82 Å². The van der Waals surface area contributed by atoms with Gasteiger partial charge in [0.05, 0.1) is 12.8 Å². The molecular weight excluding hydrogens is 271 g/mol. The summed E-state index contributed by atoms with van der Waals surface area (Å²) in [5.74, 6) is -0.901. The minimum Gasteiger partial charge on any atom is -0.494 e. The number of benzene rings is 2. The van der Waals surface area contributed by atoms with E-state index in [-0.39, 0.29) is 11.7 Å². The number of carbonyl (C=O) groups excluding carboxylic acids is 1. The number of amides is 1. The lowest BCUT2D eigenvalue weighted by molar-refractivity contribution is -0.115. The molecular formula is C16H13FN2O2. The first-order valence-corrected chi connectivity index (χ1v) is 6.46. The molecule has 2 aromatic carbocycles. The molecule has 1 aliphatic heterocycles. The Labute approximate surface area is 121 Å². The molecule has 1 amide bonds. The van der Waals surface area contributed by atoms with Crippen LogP contribution in [0.2, 0.25) is 0 Å². The first-order valence-electron chi connectivity index (χ1n) is 6.46. The molecule has 1 heterocycles. The molecule has 0 aliphatic carbocycles. The molecule has 0 fully saturated rings. The van der Waals surface area contributed by atoms with E-state index in [1.165, 1.54) is 25.5 Å². The lowest BCUT2D eigenvalue weighted by atomic mass is 10.0. The van der Waals surface area contributed by atoms with Crippen LogP contribution >= 0.6 is 0 Å². The molecule has 0 radical (unpaired) electrons. The molecule has 1 atom stereocenters. The van der Waals surface area contributed by atoms with E-state index < -0.39 is 11.7 Å². The molecule has 1 unspecified atom stereocenters. The minimum absolute atomic E-state index is 0.131. The molecule has 3 rings (SSSR count). The average Bonchev–Trinajstić information content (AvgIpc) is 2.81. The Morgan fingerprint density at radius 1 is 1.29 bits per heavy atom. The van der Waals surface area contributed by atoms with E-state index in [9.17, 15) is 9.18 Å². The van der Waals surface area contributed by atoms with Crippen molar-refractivity contribution in [3.8, 4) is 5.75 Å². The summed E-state index contributed by atoms with van der Waals surface area (Å²) in [4.78, 5) is 16.1. The van der Waals surface area contributed by atoms with Crippen molar-refractivity contribution in [1.82, 2.24) is 0 Å². The number of anilines is 1. The Kier molecular flexibility index (Phi) is 3.39. The third kappa shape index (κ3) is 2.50. The van der Waals surface area contributed by atoms with Crippen molar-refractivity contribution >= 4 is 23.5 Å². The number of aliphatic imine (C=N–C) groups is 1. The van der Waals surface area contributed by atoms with Crippen LogP contribution < -0.4 is 10.1 Å². The van der Waals surface area contributed by atoms with Crippen molar-refractivity contribution in [1.29, 1.82) is 0 Å². The van der Waals surface area contributed by atoms with Crippen LogP contribution in [0.1, 0.15) is 11.5 Å². The number of methoxy groups -OCH3 is 1. The van der Waals surface area contributed by atoms with Crippen LogP contribution in [-0.4, -0.2) is 19.2 Å². The van der Waals surface area contributed by atoms with Crippen LogP contribution in [0.3, 0.4) is 0 Å². The number of ether oxygens (including phenoxy) is 1. The number of nitrogens with zero attached hydrogens (tertiary/aromatic N) is 1. The highest BCUT2D eigenvalue weighted by Crippen LogP contribution is 2.31. The van der Waals surface area contributed by atoms with Gasteiger partial charge in [0.2, 0.25) is 5.91 Å². The van der Waals surface area contributed by atoms with Crippen LogP contribution in [0.4, 0.5) is 15.8 Å². The Bertz CT molecular complexity index is 728. The molecule has 0 spiro atoms. The van der Waals surface area contributed by atoms with Gasteiger partial charge in [-0.2, -0.15) is 0 Å². The highest BCUT2D eigenvalue weighted by atomic mass is 19.1. The number of hydrogen-bond acceptors (Lipinski definition) is 3. The molecule has 21 heavy (non-hydrogen) atoms. The molecule has 0 saturated carbocycles. The summed E-state index contributed by atoms with van der Waals surface area (Å²) in [5.41, 5.74) is 2.10. The van der Waals surface area contributed by atoms with Crippen LogP contribution in [0.5, 0.6) is 5.75 Å². The maximum absolute atomic E-state index is 13.6. The van der Waals surface area contributed by atoms with Gasteiger partial charge in [-0.15, -0.1) is 0 Å². The molecule has 1 aliphatic rings. The fraction of sp³-hybridized carbons (Fsp3) is 0.125. The SMILES string of the molecule is COc1ccc(N=CC2C(=O)Nc3ccccc32)cc1F. The third-order valence-corrected chi connectivity index (χ3v) is 3.34. The summed E-state index contributed by atoms with van der Waals surface area (Å²) in [6, 6.07) is 11.9. The van der Waals surface area contributed by atoms with Gasteiger partial charge in [-0.3, -0.25) is 9.79 Å². The van der Waals surface area contributed by atoms with E-state index in [2.05, 4.69) is 10.3 Å². The Hall–Kier alpha value is -2.69. The third-order valence-electron chi connectivity index (χ3n) is 3.34. The van der Waals surface area contributed by atoms with Gasteiger partial charge in [-0.05, 0) is 23.8 Å². The van der Waals surface area contributed by atoms with Crippen molar-refractivity contribution in [2.24, 2.45) is 4.99 Å². The van der Waals surface area contributed by atoms with Crippen LogP contribution in [-0.2, 0) is 4.79 Å². The fourth-order valence-corrected chi connectivity index (χ4v) is 2.28. The molecule has 2 aromatic rings. The number of halogens is 1. The number of nitrogens with one attached hydrogen (secondary N) is 1. The molecule has 106 valence electrons. The summed E-state index contributed by atoms with van der Waals surface area (Å²) in [5, 5.41) is 2.79. The van der Waals surface area contributed by atoms with Gasteiger partial charge in [0, 0.05) is 18.0 Å². The monoisotopic (exact) mass is 284 g/mol. The predicted molar refractivity (Wildman–Crippen MR) is 78.9 cm³/mol. The first-order chi connectivity index (χ1) is 10.2. The molecule has 1 N–H and O–H groups in total. The topological polar surface area (TPSA) is 50.7 Å². The highest BCUT2D eigenvalue weighted by molar-refractivity contribution is 6.12. The van der Waals surface area contributed by atoms with E-state index in [0.717, 1.165) is 11.3 Å². The number of para-hydroxylation sites is 1. The van der Waals surface area contributed by atoms with Crippen molar-refractivity contribution in [3.05, 3.63) is 53.8 Å². The molecule has 0 aromatic heterocycles. The molecule has 0 saturated heterocycles. The van der Waals surface area contributed by atoms with Crippen molar-refractivity contribution < 1.29 is 13.9 Å². The largest absolute Gasteiger partial charge is 0.494 e. The molecule has 5 heteroatoms. The zero-order valence-electron chi connectivity index (χ0n) is 11.3. The smallest absolute Gasteiger partial charge is 0.237 e. The first kappa shape index (κ1) is 13.3. The fourth-order valence-electron chi connectivity index (χ4n) is 2.28. The number of carbonyl (C=O) groups is 1. The van der Waals surface area contributed by atoms with E-state index in [0.29, 0.717) is 5.69 Å². The molecule has 0 bridgehead atoms. The zero-order valence-corrected chi connectivity index (χ0v) is 11.3. The van der Waals surface area contributed by atoms with Gasteiger partial charge >= 0.3 is 0 Å². The lowest BCUT2D eigenvalue weighted by Gasteiger charge is -2.03. The van der Waals surface area contributed by atoms with E-state index >= 15 is 0 Å². The second-order valence-electron chi connectivity index (χ2n) is 4.65. The zero-order chi connectivity index (χ0) is 14.8. The van der Waals surface area contributed by atoms with Gasteiger partial charge in [-0.25, -0.2) is 4.39 Å². The summed E-state index contributed by atoms with van der Waals surface area (Å²) in [7, 11) is 1.40. The summed E-state index contributed by atoms with van der Waals surface area (Å²) in [6.45, 7) is 0. The van der Waals surface area contributed by atoms with E-state index in [1.54, 1.807) is 6.07 Å². The quantitative estimate of drug-likeness (QED) is 0.879. The van der Waals surface area contributed by atoms with E-state index in [1.807, 2.05) is 24.3 Å². The summed E-state index contributed by atoms with van der Waals surface area (Å²) >= 11 is 0. The van der Waals surface area contributed by atoms with Crippen LogP contribution in [0.25, 0.3) is 0 Å². The second-order valence-corrected chi connectivity index (χ2v) is 4.65. The molecule has 4 nitrogen and oxygen atoms in total. The number of rotatable bonds is 3. The Balaban J connectivity index is 1.86. The van der Waals surface area contributed by atoms with Gasteiger partial charge in [0.1, 0.15) is 5.92 Å². The standard InChI is InChI=1S/C16H13FN2O2/c1-21-15-7-6-10(8-13(15)17)18-9-12-11-4-2-3-5-14(11)19-16(12)20/h2-9,12H,1H3,(H,19,20). The average molecular weight is 284 g/mol. The summed E-state index contributed by atoms with van der Waals surface area (Å²) in [6.07, 6.45) is 1.53. The minimum atomic E-state index is -0.483. The van der Waals surface area contributed by atoms with Crippen molar-refractivity contribution in [2.75, 3.05) is 12.4 Å².